The third-order valence-electron chi connectivity index (χ3n) is 6.47. The number of hydrogen-bond donors (Lipinski definition) is 1. The van der Waals surface area contributed by atoms with Gasteiger partial charge in [-0.25, -0.2) is 0 Å². The Morgan fingerprint density at radius 1 is 1.13 bits per heavy atom. The standard InChI is InChI=1S/C27H33NO3/c1-18(2)11-20-5-4-6-21(12-20)17-31-25-9-10-26-19(3)23(8-7-22(26)13-25)14-28-15-24(16-28)27(29)30/h4-6,9-10,12-13,18,24H,7-8,11,14-17H2,1-3H3,(H,29,30). The summed E-state index contributed by atoms with van der Waals surface area (Å²) in [7, 11) is 0. The second kappa shape index (κ2) is 9.27. The fourth-order valence-electron chi connectivity index (χ4n) is 4.70. The Kier molecular flexibility index (Phi) is 6.47. The topological polar surface area (TPSA) is 49.8 Å². The van der Waals surface area contributed by atoms with E-state index < -0.39 is 5.97 Å². The van der Waals surface area contributed by atoms with Crippen molar-refractivity contribution >= 4 is 11.5 Å². The number of benzene rings is 2. The lowest BCUT2D eigenvalue weighted by Gasteiger charge is -2.38. The van der Waals surface area contributed by atoms with Crippen molar-refractivity contribution in [3.05, 3.63) is 70.3 Å². The SMILES string of the molecule is CC1=C(CN2CC(C(=O)O)C2)CCc2cc(OCc3cccc(CC(C)C)c3)ccc21. The van der Waals surface area contributed by atoms with Gasteiger partial charge in [0.05, 0.1) is 5.92 Å². The van der Waals surface area contributed by atoms with E-state index in [0.717, 1.165) is 31.6 Å². The number of aryl methyl sites for hydroxylation is 1. The van der Waals surface area contributed by atoms with Crippen molar-refractivity contribution in [3.8, 4) is 5.75 Å². The quantitative estimate of drug-likeness (QED) is 0.639. The zero-order chi connectivity index (χ0) is 22.0. The molecule has 1 heterocycles. The molecule has 0 bridgehead atoms. The molecule has 0 aromatic heterocycles. The van der Waals surface area contributed by atoms with Crippen LogP contribution < -0.4 is 4.74 Å². The molecule has 2 aromatic rings. The minimum absolute atomic E-state index is 0.192. The summed E-state index contributed by atoms with van der Waals surface area (Å²) in [5, 5.41) is 9.08. The van der Waals surface area contributed by atoms with Gasteiger partial charge in [-0.15, -0.1) is 0 Å². The predicted octanol–water partition coefficient (Wildman–Crippen LogP) is 5.20. The third kappa shape index (κ3) is 5.19. The van der Waals surface area contributed by atoms with Gasteiger partial charge in [0, 0.05) is 19.6 Å². The van der Waals surface area contributed by atoms with Gasteiger partial charge in [0.25, 0.3) is 0 Å². The Balaban J connectivity index is 1.38. The lowest BCUT2D eigenvalue weighted by molar-refractivity contribution is -0.147. The number of fused-ring (bicyclic) bond motifs is 1. The van der Waals surface area contributed by atoms with E-state index in [4.69, 9.17) is 9.84 Å². The zero-order valence-electron chi connectivity index (χ0n) is 18.9. The molecule has 1 aliphatic carbocycles. The average Bonchev–Trinajstić information content (AvgIpc) is 2.69. The van der Waals surface area contributed by atoms with Crippen molar-refractivity contribution < 1.29 is 14.6 Å². The molecule has 0 saturated carbocycles. The molecule has 4 nitrogen and oxygen atoms in total. The van der Waals surface area contributed by atoms with Gasteiger partial charge < -0.3 is 9.84 Å². The maximum atomic E-state index is 11.0. The number of nitrogens with zero attached hydrogens (tertiary/aromatic N) is 1. The van der Waals surface area contributed by atoms with E-state index >= 15 is 0 Å². The molecule has 4 heteroatoms. The summed E-state index contributed by atoms with van der Waals surface area (Å²) >= 11 is 0. The van der Waals surface area contributed by atoms with E-state index in [2.05, 4.69) is 68.1 Å². The molecule has 1 aliphatic heterocycles. The molecule has 1 N–H and O–H groups in total. The third-order valence-corrected chi connectivity index (χ3v) is 6.47. The van der Waals surface area contributed by atoms with Gasteiger partial charge >= 0.3 is 5.97 Å². The molecule has 4 rings (SSSR count). The molecule has 0 spiro atoms. The number of carboxylic acids is 1. The lowest BCUT2D eigenvalue weighted by atomic mass is 9.85. The van der Waals surface area contributed by atoms with Crippen LogP contribution in [-0.4, -0.2) is 35.6 Å². The minimum Gasteiger partial charge on any atom is -0.489 e. The van der Waals surface area contributed by atoms with Gasteiger partial charge in [-0.05, 0) is 72.1 Å². The van der Waals surface area contributed by atoms with Crippen molar-refractivity contribution in [1.82, 2.24) is 4.90 Å². The van der Waals surface area contributed by atoms with E-state index in [1.807, 2.05) is 0 Å². The fourth-order valence-corrected chi connectivity index (χ4v) is 4.70. The molecule has 0 radical (unpaired) electrons. The molecule has 2 aliphatic rings. The van der Waals surface area contributed by atoms with Gasteiger partial charge in [-0.1, -0.05) is 49.8 Å². The van der Waals surface area contributed by atoms with Crippen LogP contribution in [0.15, 0.2) is 48.0 Å². The average molecular weight is 420 g/mol. The van der Waals surface area contributed by atoms with Crippen molar-refractivity contribution in [2.75, 3.05) is 19.6 Å². The van der Waals surface area contributed by atoms with Gasteiger partial charge in [0.1, 0.15) is 12.4 Å². The number of likely N-dealkylation sites (tertiary alicyclic amines) is 1. The van der Waals surface area contributed by atoms with Gasteiger partial charge in [-0.3, -0.25) is 9.69 Å². The Morgan fingerprint density at radius 3 is 2.65 bits per heavy atom. The second-order valence-corrected chi connectivity index (χ2v) is 9.48. The van der Waals surface area contributed by atoms with Crippen LogP contribution in [0.4, 0.5) is 0 Å². The highest BCUT2D eigenvalue weighted by molar-refractivity contribution is 5.73. The summed E-state index contributed by atoms with van der Waals surface area (Å²) in [6.45, 7) is 9.50. The van der Waals surface area contributed by atoms with Crippen molar-refractivity contribution in [3.63, 3.8) is 0 Å². The molecule has 2 aromatic carbocycles. The van der Waals surface area contributed by atoms with E-state index in [1.165, 1.54) is 33.4 Å². The van der Waals surface area contributed by atoms with Crippen LogP contribution in [0.25, 0.3) is 5.57 Å². The monoisotopic (exact) mass is 419 g/mol. The first kappa shape index (κ1) is 21.6. The number of carbonyl (C=O) groups is 1. The molecule has 1 saturated heterocycles. The van der Waals surface area contributed by atoms with E-state index in [0.29, 0.717) is 25.6 Å². The lowest BCUT2D eigenvalue weighted by Crippen LogP contribution is -2.50. The maximum absolute atomic E-state index is 11.0. The predicted molar refractivity (Wildman–Crippen MR) is 124 cm³/mol. The minimum atomic E-state index is -0.671. The van der Waals surface area contributed by atoms with Crippen molar-refractivity contribution in [2.45, 2.75) is 46.6 Å². The first-order chi connectivity index (χ1) is 14.9. The van der Waals surface area contributed by atoms with Crippen LogP contribution in [0.1, 0.15) is 49.4 Å². The summed E-state index contributed by atoms with van der Waals surface area (Å²) in [5.41, 5.74) is 8.01. The number of rotatable bonds is 8. The smallest absolute Gasteiger partial charge is 0.309 e. The summed E-state index contributed by atoms with van der Waals surface area (Å²) in [5.74, 6) is 0.715. The molecule has 164 valence electrons. The Hall–Kier alpha value is -2.59. The Bertz CT molecular complexity index is 986. The summed E-state index contributed by atoms with van der Waals surface area (Å²) in [4.78, 5) is 13.3. The highest BCUT2D eigenvalue weighted by atomic mass is 16.5. The molecule has 0 atom stereocenters. The molecular weight excluding hydrogens is 386 g/mol. The Labute approximate surface area is 185 Å². The van der Waals surface area contributed by atoms with Crippen LogP contribution in [-0.2, 0) is 24.2 Å². The first-order valence-electron chi connectivity index (χ1n) is 11.4. The molecule has 1 fully saturated rings. The second-order valence-electron chi connectivity index (χ2n) is 9.48. The van der Waals surface area contributed by atoms with E-state index in [9.17, 15) is 4.79 Å². The summed E-state index contributed by atoms with van der Waals surface area (Å²) in [6.07, 6.45) is 3.14. The fraction of sp³-hybridized carbons (Fsp3) is 0.444. The highest BCUT2D eigenvalue weighted by Crippen LogP contribution is 2.34. The van der Waals surface area contributed by atoms with Gasteiger partial charge in [0.15, 0.2) is 0 Å². The molecular formula is C27H33NO3. The molecule has 31 heavy (non-hydrogen) atoms. The van der Waals surface area contributed by atoms with Crippen LogP contribution in [0, 0.1) is 11.8 Å². The number of aliphatic carboxylic acids is 1. The first-order valence-corrected chi connectivity index (χ1v) is 11.4. The number of allylic oxidation sites excluding steroid dienone is 1. The van der Waals surface area contributed by atoms with Crippen LogP contribution in [0.2, 0.25) is 0 Å². The maximum Gasteiger partial charge on any atom is 0.309 e. The normalized spacial score (nSPS) is 16.9. The van der Waals surface area contributed by atoms with Crippen LogP contribution in [0.3, 0.4) is 0 Å². The van der Waals surface area contributed by atoms with Gasteiger partial charge in [-0.2, -0.15) is 0 Å². The van der Waals surface area contributed by atoms with E-state index in [1.54, 1.807) is 0 Å². The number of carboxylic acid groups (broad SMARTS) is 1. The zero-order valence-corrected chi connectivity index (χ0v) is 18.9. The van der Waals surface area contributed by atoms with Crippen LogP contribution in [0.5, 0.6) is 5.75 Å². The van der Waals surface area contributed by atoms with E-state index in [-0.39, 0.29) is 5.92 Å². The summed E-state index contributed by atoms with van der Waals surface area (Å²) < 4.78 is 6.13. The Morgan fingerprint density at radius 2 is 1.90 bits per heavy atom. The van der Waals surface area contributed by atoms with Crippen LogP contribution >= 0.6 is 0 Å². The number of ether oxygens (including phenoxy) is 1. The molecule has 0 unspecified atom stereocenters. The highest BCUT2D eigenvalue weighted by Gasteiger charge is 2.33. The molecule has 0 amide bonds. The summed E-state index contributed by atoms with van der Waals surface area (Å²) in [6, 6.07) is 15.1. The largest absolute Gasteiger partial charge is 0.489 e. The number of hydrogen-bond acceptors (Lipinski definition) is 3. The van der Waals surface area contributed by atoms with Gasteiger partial charge in [0.2, 0.25) is 0 Å². The van der Waals surface area contributed by atoms with Crippen molar-refractivity contribution in [1.29, 1.82) is 0 Å². The van der Waals surface area contributed by atoms with Crippen molar-refractivity contribution in [2.24, 2.45) is 11.8 Å².